The van der Waals surface area contributed by atoms with Crippen LogP contribution in [0.25, 0.3) is 0 Å². The van der Waals surface area contributed by atoms with Crippen molar-refractivity contribution in [3.8, 4) is 0 Å². The Morgan fingerprint density at radius 1 is 1.15 bits per heavy atom. The van der Waals surface area contributed by atoms with Crippen LogP contribution in [0.5, 0.6) is 0 Å². The molecule has 0 bridgehead atoms. The molecule has 0 aromatic carbocycles. The zero-order valence-corrected chi connectivity index (χ0v) is 26.0. The zero-order valence-electron chi connectivity index (χ0n) is 24.4. The Balaban J connectivity index is 1.86. The molecule has 3 aliphatic rings. The first kappa shape index (κ1) is 32.6. The van der Waals surface area contributed by atoms with Gasteiger partial charge in [-0.15, -0.1) is 6.58 Å². The van der Waals surface area contributed by atoms with Crippen LogP contribution in [-0.4, -0.2) is 83.3 Å². The van der Waals surface area contributed by atoms with Crippen molar-refractivity contribution >= 4 is 51.2 Å². The van der Waals surface area contributed by atoms with Crippen LogP contribution < -0.4 is 26.4 Å². The van der Waals surface area contributed by atoms with Gasteiger partial charge in [0.1, 0.15) is 23.2 Å². The monoisotopic (exact) mass is 614 g/mol. The molecule has 5 unspecified atom stereocenters. The van der Waals surface area contributed by atoms with Crippen molar-refractivity contribution in [2.24, 2.45) is 17.1 Å². The van der Waals surface area contributed by atoms with E-state index in [2.05, 4.69) is 27.3 Å². The number of nitrogens with one attached hydrogen (secondary N) is 4. The van der Waals surface area contributed by atoms with Crippen LogP contribution >= 0.6 is 12.2 Å². The van der Waals surface area contributed by atoms with Gasteiger partial charge in [0.25, 0.3) is 5.91 Å². The summed E-state index contributed by atoms with van der Waals surface area (Å²) >= 11 is 4.97. The van der Waals surface area contributed by atoms with Crippen LogP contribution in [0.15, 0.2) is 12.7 Å². The molecule has 0 spiro atoms. The number of hydrogen-bond acceptors (Lipinski definition) is 8. The lowest BCUT2D eigenvalue weighted by atomic mass is 9.85. The Hall–Kier alpha value is -2.94. The molecule has 3 rings (SSSR count). The fourth-order valence-corrected chi connectivity index (χ4v) is 6.42. The highest BCUT2D eigenvalue weighted by molar-refractivity contribution is 7.91. The van der Waals surface area contributed by atoms with Crippen molar-refractivity contribution in [2.75, 3.05) is 6.54 Å². The third-order valence-corrected chi connectivity index (χ3v) is 9.19. The standard InChI is InChI=1S/C26H42N6O7S2/c1-8-14-12-26(14,21(35)31-41(37,38)16-9-10-16)30-19(33)17-11-15(28-22(27)40)13-32(17)20(34)18(24(2,3)4)29-23(36)39-25(5,6)7/h8,14-18H,1,9-13H2,2-7H3,(H,29,36)(H,30,33)(H,31,35)(H3,27,28,40). The van der Waals surface area contributed by atoms with Gasteiger partial charge in [0, 0.05) is 18.5 Å². The molecule has 5 atom stereocenters. The number of carbonyl (C=O) groups excluding carboxylic acids is 4. The predicted octanol–water partition coefficient (Wildman–Crippen LogP) is 0.398. The summed E-state index contributed by atoms with van der Waals surface area (Å²) in [5.41, 5.74) is 2.58. The van der Waals surface area contributed by atoms with E-state index in [1.807, 2.05) is 0 Å². The summed E-state index contributed by atoms with van der Waals surface area (Å²) < 4.78 is 32.4. The van der Waals surface area contributed by atoms with Gasteiger partial charge in [0.15, 0.2) is 5.11 Å². The summed E-state index contributed by atoms with van der Waals surface area (Å²) in [7, 11) is -3.85. The molecular formula is C26H42N6O7S2. The Kier molecular flexibility index (Phi) is 9.04. The van der Waals surface area contributed by atoms with Crippen molar-refractivity contribution in [1.29, 1.82) is 0 Å². The average molecular weight is 615 g/mol. The number of ether oxygens (including phenoxy) is 1. The lowest BCUT2D eigenvalue weighted by Crippen LogP contribution is -2.60. The first-order valence-corrected chi connectivity index (χ1v) is 15.5. The van der Waals surface area contributed by atoms with E-state index in [0.717, 1.165) is 0 Å². The number of rotatable bonds is 9. The molecule has 0 radical (unpaired) electrons. The number of thiocarbonyl (C=S) groups is 1. The van der Waals surface area contributed by atoms with E-state index in [-0.39, 0.29) is 24.5 Å². The third kappa shape index (κ3) is 7.87. The second kappa shape index (κ2) is 11.4. The maximum absolute atomic E-state index is 14.0. The molecule has 6 N–H and O–H groups in total. The lowest BCUT2D eigenvalue weighted by Gasteiger charge is -2.36. The normalized spacial score (nSPS) is 26.8. The molecule has 1 saturated heterocycles. The van der Waals surface area contributed by atoms with E-state index in [4.69, 9.17) is 22.7 Å². The summed E-state index contributed by atoms with van der Waals surface area (Å²) in [5, 5.41) is 7.60. The molecule has 2 saturated carbocycles. The number of sulfonamides is 1. The predicted molar refractivity (Wildman–Crippen MR) is 156 cm³/mol. The van der Waals surface area contributed by atoms with Gasteiger partial charge < -0.3 is 31.3 Å². The first-order chi connectivity index (χ1) is 18.7. The van der Waals surface area contributed by atoms with Crippen LogP contribution in [0, 0.1) is 11.3 Å². The summed E-state index contributed by atoms with van der Waals surface area (Å²) in [4.78, 5) is 54.8. The number of nitrogens with two attached hydrogens (primary N) is 1. The van der Waals surface area contributed by atoms with E-state index < -0.39 is 79.7 Å². The smallest absolute Gasteiger partial charge is 0.408 e. The Labute approximate surface area is 246 Å². The summed E-state index contributed by atoms with van der Waals surface area (Å²) in [5.74, 6) is -2.52. The van der Waals surface area contributed by atoms with E-state index in [1.165, 1.54) is 11.0 Å². The molecular weight excluding hydrogens is 572 g/mol. The van der Waals surface area contributed by atoms with E-state index >= 15 is 0 Å². The Morgan fingerprint density at radius 3 is 2.22 bits per heavy atom. The molecule has 3 fully saturated rings. The number of amides is 4. The van der Waals surface area contributed by atoms with Gasteiger partial charge in [0.2, 0.25) is 21.8 Å². The minimum Gasteiger partial charge on any atom is -0.444 e. The van der Waals surface area contributed by atoms with Crippen molar-refractivity contribution in [3.05, 3.63) is 12.7 Å². The van der Waals surface area contributed by atoms with Gasteiger partial charge in [-0.05, 0) is 64.1 Å². The highest BCUT2D eigenvalue weighted by Gasteiger charge is 2.62. The Bertz CT molecular complexity index is 1220. The number of likely N-dealkylation sites (tertiary alicyclic amines) is 1. The molecule has 13 nitrogen and oxygen atoms in total. The summed E-state index contributed by atoms with van der Waals surface area (Å²) in [6.45, 7) is 14.1. The van der Waals surface area contributed by atoms with Crippen LogP contribution in [0.3, 0.4) is 0 Å². The highest BCUT2D eigenvalue weighted by atomic mass is 32.2. The number of carbonyl (C=O) groups is 4. The fourth-order valence-electron chi connectivity index (χ4n) is 4.89. The average Bonchev–Trinajstić information content (AvgIpc) is 3.72. The molecule has 230 valence electrons. The molecule has 1 heterocycles. The molecule has 0 aromatic heterocycles. The molecule has 41 heavy (non-hydrogen) atoms. The van der Waals surface area contributed by atoms with Gasteiger partial charge in [0.05, 0.1) is 5.25 Å². The minimum absolute atomic E-state index is 0.0160. The second-order valence-electron chi connectivity index (χ2n) is 13.1. The van der Waals surface area contributed by atoms with E-state index in [1.54, 1.807) is 41.5 Å². The summed E-state index contributed by atoms with van der Waals surface area (Å²) in [6, 6.07) is -2.63. The van der Waals surface area contributed by atoms with Crippen LogP contribution in [0.2, 0.25) is 0 Å². The maximum atomic E-state index is 14.0. The largest absolute Gasteiger partial charge is 0.444 e. The van der Waals surface area contributed by atoms with Crippen LogP contribution in [0.1, 0.15) is 67.2 Å². The van der Waals surface area contributed by atoms with Gasteiger partial charge >= 0.3 is 6.09 Å². The number of alkyl carbamates (subject to hydrolysis) is 1. The van der Waals surface area contributed by atoms with E-state index in [0.29, 0.717) is 12.8 Å². The molecule has 15 heteroatoms. The van der Waals surface area contributed by atoms with Gasteiger partial charge in [-0.1, -0.05) is 26.8 Å². The van der Waals surface area contributed by atoms with Gasteiger partial charge in [-0.3, -0.25) is 19.1 Å². The van der Waals surface area contributed by atoms with Crippen LogP contribution in [-0.2, 0) is 29.1 Å². The molecule has 4 amide bonds. The molecule has 2 aliphatic carbocycles. The fraction of sp³-hybridized carbons (Fsp3) is 0.731. The number of nitrogens with zero attached hydrogens (tertiary/aromatic N) is 1. The number of hydrogen-bond donors (Lipinski definition) is 5. The zero-order chi connectivity index (χ0) is 31.1. The first-order valence-electron chi connectivity index (χ1n) is 13.6. The van der Waals surface area contributed by atoms with Crippen molar-refractivity contribution in [3.63, 3.8) is 0 Å². The van der Waals surface area contributed by atoms with Crippen LogP contribution in [0.4, 0.5) is 4.79 Å². The topological polar surface area (TPSA) is 189 Å². The SMILES string of the molecule is C=CC1CC1(NC(=O)C1CC(NC(N)=S)CN1C(=O)C(NC(=O)OC(C)(C)C)C(C)(C)C)C(=O)NS(=O)(=O)C1CC1. The Morgan fingerprint density at radius 2 is 1.76 bits per heavy atom. The second-order valence-corrected chi connectivity index (χ2v) is 15.5. The van der Waals surface area contributed by atoms with Crippen molar-refractivity contribution in [1.82, 2.24) is 25.6 Å². The molecule has 0 aromatic rings. The quantitative estimate of drug-likeness (QED) is 0.180. The van der Waals surface area contributed by atoms with Crippen molar-refractivity contribution in [2.45, 2.75) is 102 Å². The van der Waals surface area contributed by atoms with Gasteiger partial charge in [-0.25, -0.2) is 13.2 Å². The van der Waals surface area contributed by atoms with E-state index in [9.17, 15) is 27.6 Å². The summed E-state index contributed by atoms with van der Waals surface area (Å²) in [6.07, 6.45) is 1.90. The van der Waals surface area contributed by atoms with Crippen molar-refractivity contribution < 1.29 is 32.3 Å². The third-order valence-electron chi connectivity index (χ3n) is 7.26. The highest BCUT2D eigenvalue weighted by Crippen LogP contribution is 2.45. The lowest BCUT2D eigenvalue weighted by molar-refractivity contribution is -0.142. The maximum Gasteiger partial charge on any atom is 0.408 e. The molecule has 1 aliphatic heterocycles. The minimum atomic E-state index is -3.85. The van der Waals surface area contributed by atoms with Gasteiger partial charge in [-0.2, -0.15) is 0 Å².